The van der Waals surface area contributed by atoms with Crippen LogP contribution in [0.5, 0.6) is 11.5 Å². The van der Waals surface area contributed by atoms with Crippen LogP contribution >= 0.6 is 23.2 Å². The molecule has 0 saturated carbocycles. The molecule has 172 valence electrons. The lowest BCUT2D eigenvalue weighted by molar-refractivity contribution is 0.0743. The molecule has 9 N–H and O–H groups in total. The molecule has 3 aromatic rings. The fourth-order valence-corrected chi connectivity index (χ4v) is 3.47. The lowest BCUT2D eigenvalue weighted by Gasteiger charge is -2.30. The van der Waals surface area contributed by atoms with Gasteiger partial charge in [0.25, 0.3) is 0 Å². The molecular weight excluding hydrogens is 463 g/mol. The molecule has 0 amide bonds. The van der Waals surface area contributed by atoms with Crippen LogP contribution in [-0.4, -0.2) is 15.3 Å². The van der Waals surface area contributed by atoms with Gasteiger partial charge in [0.1, 0.15) is 17.1 Å². The van der Waals surface area contributed by atoms with E-state index in [-0.39, 0.29) is 29.3 Å². The third-order valence-electron chi connectivity index (χ3n) is 4.90. The van der Waals surface area contributed by atoms with Crippen molar-refractivity contribution in [2.24, 2.45) is 11.5 Å². The summed E-state index contributed by atoms with van der Waals surface area (Å²) in [7, 11) is 0. The molecule has 3 aromatic carbocycles. The maximum Gasteiger partial charge on any atom is 0.139 e. The summed E-state index contributed by atoms with van der Waals surface area (Å²) < 4.78 is 0. The molecule has 0 aromatic heterocycles. The monoisotopic (exact) mass is 486 g/mol. The van der Waals surface area contributed by atoms with Crippen molar-refractivity contribution in [3.63, 3.8) is 0 Å². The van der Waals surface area contributed by atoms with Gasteiger partial charge in [0.2, 0.25) is 0 Å². The molecule has 1 unspecified atom stereocenters. The molecule has 3 rings (SSSR count). The third kappa shape index (κ3) is 6.04. The van der Waals surface area contributed by atoms with Crippen LogP contribution in [0.2, 0.25) is 10.0 Å². The van der Waals surface area contributed by atoms with E-state index in [2.05, 4.69) is 10.6 Å². The summed E-state index contributed by atoms with van der Waals surface area (Å²) in [6.45, 7) is 0. The molecule has 9 heteroatoms. The molecule has 0 aliphatic rings. The number of nitrogens with two attached hydrogens (primary N) is 2. The summed E-state index contributed by atoms with van der Waals surface area (Å²) in [5.41, 5.74) is 12.3. The average Bonchev–Trinajstić information content (AvgIpc) is 2.80. The van der Waals surface area contributed by atoms with E-state index in [1.807, 2.05) is 6.07 Å². The van der Waals surface area contributed by atoms with E-state index in [9.17, 15) is 15.3 Å². The normalized spacial score (nSPS) is 13.9. The predicted octanol–water partition coefficient (Wildman–Crippen LogP) is 4.81. The fraction of sp³-hybridized carbons (Fsp3) is 0.0833. The maximum absolute atomic E-state index is 11.6. The van der Waals surface area contributed by atoms with E-state index < -0.39 is 5.60 Å². The SMILES string of the molecule is N/C(=C\Nc1cc(Cl)ccc1O)CC(O)(/C(N)=C/Nc1cc(Cl)ccc1O)c1ccccc1. The van der Waals surface area contributed by atoms with Crippen LogP contribution in [0, 0.1) is 0 Å². The van der Waals surface area contributed by atoms with Crippen molar-refractivity contribution in [3.8, 4) is 11.5 Å². The highest BCUT2D eigenvalue weighted by molar-refractivity contribution is 6.31. The number of rotatable bonds is 8. The predicted molar refractivity (Wildman–Crippen MR) is 133 cm³/mol. The number of benzene rings is 3. The van der Waals surface area contributed by atoms with Crippen molar-refractivity contribution >= 4 is 34.6 Å². The second-order valence-corrected chi connectivity index (χ2v) is 8.21. The summed E-state index contributed by atoms with van der Waals surface area (Å²) in [5.74, 6) is -0.0386. The number of halogens is 2. The van der Waals surface area contributed by atoms with E-state index in [1.165, 1.54) is 30.6 Å². The Morgan fingerprint density at radius 3 is 1.88 bits per heavy atom. The largest absolute Gasteiger partial charge is 0.506 e. The zero-order chi connectivity index (χ0) is 24.0. The quantitative estimate of drug-likeness (QED) is 0.227. The average molecular weight is 487 g/mol. The Morgan fingerprint density at radius 1 is 0.818 bits per heavy atom. The van der Waals surface area contributed by atoms with Gasteiger partial charge in [0.15, 0.2) is 0 Å². The number of anilines is 2. The summed E-state index contributed by atoms with van der Waals surface area (Å²) in [4.78, 5) is 0. The van der Waals surface area contributed by atoms with E-state index in [0.29, 0.717) is 27.0 Å². The fourth-order valence-electron chi connectivity index (χ4n) is 3.12. The van der Waals surface area contributed by atoms with Gasteiger partial charge in [-0.25, -0.2) is 0 Å². The lowest BCUT2D eigenvalue weighted by atomic mass is 9.86. The first kappa shape index (κ1) is 24.1. The highest BCUT2D eigenvalue weighted by atomic mass is 35.5. The number of hydrogen-bond acceptors (Lipinski definition) is 7. The number of hydrogen-bond donors (Lipinski definition) is 7. The Bertz CT molecular complexity index is 1190. The van der Waals surface area contributed by atoms with Gasteiger partial charge in [-0.1, -0.05) is 53.5 Å². The van der Waals surface area contributed by atoms with Gasteiger partial charge < -0.3 is 37.4 Å². The highest BCUT2D eigenvalue weighted by Gasteiger charge is 2.33. The van der Waals surface area contributed by atoms with Crippen LogP contribution in [0.15, 0.2) is 90.5 Å². The van der Waals surface area contributed by atoms with Gasteiger partial charge in [-0.3, -0.25) is 0 Å². The first-order chi connectivity index (χ1) is 15.7. The van der Waals surface area contributed by atoms with Crippen molar-refractivity contribution in [2.45, 2.75) is 12.0 Å². The Labute approximate surface area is 201 Å². The number of nitrogens with one attached hydrogen (secondary N) is 2. The minimum atomic E-state index is -1.68. The van der Waals surface area contributed by atoms with Gasteiger partial charge in [0.05, 0.1) is 17.1 Å². The standard InChI is InChI=1S/C24H24Cl2N4O3/c25-16-6-8-21(31)19(10-16)29-13-18(27)12-24(33,15-4-2-1-3-5-15)23(28)14-30-20-11-17(26)7-9-22(20)32/h1-11,13-14,29-33H,12,27-28H2/b18-13-,23-14-. The van der Waals surface area contributed by atoms with Crippen LogP contribution in [-0.2, 0) is 5.60 Å². The Morgan fingerprint density at radius 2 is 1.33 bits per heavy atom. The molecule has 0 aliphatic heterocycles. The smallest absolute Gasteiger partial charge is 0.139 e. The molecule has 1 atom stereocenters. The summed E-state index contributed by atoms with van der Waals surface area (Å²) in [6.07, 6.45) is 2.75. The molecule has 0 bridgehead atoms. The van der Waals surface area contributed by atoms with Crippen molar-refractivity contribution in [2.75, 3.05) is 10.6 Å². The summed E-state index contributed by atoms with van der Waals surface area (Å²) in [5, 5.41) is 38.2. The van der Waals surface area contributed by atoms with Crippen molar-refractivity contribution in [3.05, 3.63) is 106 Å². The maximum atomic E-state index is 11.6. The number of phenols is 2. The molecule has 7 nitrogen and oxygen atoms in total. The third-order valence-corrected chi connectivity index (χ3v) is 5.37. The van der Waals surface area contributed by atoms with E-state index in [0.717, 1.165) is 0 Å². The molecular formula is C24H24Cl2N4O3. The molecule has 0 heterocycles. The highest BCUT2D eigenvalue weighted by Crippen LogP contribution is 2.34. The molecule has 0 saturated heterocycles. The Kier molecular flexibility index (Phi) is 7.60. The molecule has 33 heavy (non-hydrogen) atoms. The van der Waals surface area contributed by atoms with E-state index in [1.54, 1.807) is 42.5 Å². The molecule has 0 aliphatic carbocycles. The first-order valence-electron chi connectivity index (χ1n) is 9.87. The van der Waals surface area contributed by atoms with Gasteiger partial charge >= 0.3 is 0 Å². The van der Waals surface area contributed by atoms with E-state index >= 15 is 0 Å². The number of aliphatic hydroxyl groups is 1. The summed E-state index contributed by atoms with van der Waals surface area (Å²) in [6, 6.07) is 17.9. The molecule has 0 radical (unpaired) electrons. The zero-order valence-corrected chi connectivity index (χ0v) is 19.0. The summed E-state index contributed by atoms with van der Waals surface area (Å²) >= 11 is 11.9. The zero-order valence-electron chi connectivity index (χ0n) is 17.5. The van der Waals surface area contributed by atoms with Gasteiger partial charge in [0, 0.05) is 34.6 Å². The van der Waals surface area contributed by atoms with Crippen LogP contribution in [0.1, 0.15) is 12.0 Å². The van der Waals surface area contributed by atoms with Gasteiger partial charge in [-0.2, -0.15) is 0 Å². The van der Waals surface area contributed by atoms with Crippen LogP contribution in [0.4, 0.5) is 11.4 Å². The Balaban J connectivity index is 1.88. The topological polar surface area (TPSA) is 137 Å². The van der Waals surface area contributed by atoms with E-state index in [4.69, 9.17) is 34.7 Å². The van der Waals surface area contributed by atoms with Gasteiger partial charge in [-0.15, -0.1) is 0 Å². The van der Waals surface area contributed by atoms with Crippen LogP contribution in [0.3, 0.4) is 0 Å². The minimum Gasteiger partial charge on any atom is -0.506 e. The van der Waals surface area contributed by atoms with Gasteiger partial charge in [-0.05, 0) is 42.0 Å². The second kappa shape index (κ2) is 10.4. The van der Waals surface area contributed by atoms with Crippen molar-refractivity contribution in [1.29, 1.82) is 0 Å². The first-order valence-corrected chi connectivity index (χ1v) is 10.6. The Hall–Kier alpha value is -3.52. The number of aromatic hydroxyl groups is 2. The second-order valence-electron chi connectivity index (χ2n) is 7.33. The van der Waals surface area contributed by atoms with Crippen molar-refractivity contribution < 1.29 is 15.3 Å². The van der Waals surface area contributed by atoms with Crippen molar-refractivity contribution in [1.82, 2.24) is 0 Å². The van der Waals surface area contributed by atoms with Crippen LogP contribution in [0.25, 0.3) is 0 Å². The molecule has 0 fully saturated rings. The minimum absolute atomic E-state index is 0.00768. The number of phenolic OH excluding ortho intramolecular Hbond substituents is 2. The molecule has 0 spiro atoms. The lowest BCUT2D eigenvalue weighted by Crippen LogP contribution is -2.35. The van der Waals surface area contributed by atoms with Crippen LogP contribution < -0.4 is 22.1 Å².